The molecule has 1 saturated carbocycles. The number of aryl methyl sites for hydroxylation is 1. The highest BCUT2D eigenvalue weighted by Gasteiger charge is 2.34. The molecule has 2 rings (SSSR count). The number of nitrogens with zero attached hydrogens (tertiary/aromatic N) is 1. The van der Waals surface area contributed by atoms with E-state index in [-0.39, 0.29) is 0 Å². The molecule has 106 valence electrons. The third-order valence-electron chi connectivity index (χ3n) is 4.28. The molecule has 19 heavy (non-hydrogen) atoms. The fourth-order valence-electron chi connectivity index (χ4n) is 3.39. The van der Waals surface area contributed by atoms with E-state index in [9.17, 15) is 0 Å². The smallest absolute Gasteiger partial charge is 0.126 e. The molecule has 0 saturated heterocycles. The van der Waals surface area contributed by atoms with Crippen molar-refractivity contribution < 1.29 is 0 Å². The molecule has 0 radical (unpaired) electrons. The Morgan fingerprint density at radius 1 is 1.32 bits per heavy atom. The number of nitrogens with two attached hydrogens (primary N) is 1. The van der Waals surface area contributed by atoms with Crippen molar-refractivity contribution in [3.8, 4) is 0 Å². The molecule has 1 aliphatic rings. The zero-order chi connectivity index (χ0) is 13.9. The van der Waals surface area contributed by atoms with Crippen molar-refractivity contribution in [2.45, 2.75) is 52.9 Å². The van der Waals surface area contributed by atoms with Gasteiger partial charge in [-0.15, -0.1) is 0 Å². The van der Waals surface area contributed by atoms with E-state index in [0.717, 1.165) is 29.7 Å². The van der Waals surface area contributed by atoms with Gasteiger partial charge in [0.2, 0.25) is 0 Å². The Morgan fingerprint density at radius 2 is 2.00 bits per heavy atom. The first kappa shape index (κ1) is 14.2. The van der Waals surface area contributed by atoms with E-state index in [1.807, 2.05) is 19.1 Å². The quantitative estimate of drug-likeness (QED) is 0.842. The second-order valence-corrected chi connectivity index (χ2v) is 6.53. The van der Waals surface area contributed by atoms with Crippen LogP contribution in [-0.4, -0.2) is 11.5 Å². The van der Waals surface area contributed by atoms with E-state index < -0.39 is 0 Å². The number of pyridine rings is 1. The fraction of sp³-hybridized carbons (Fsp3) is 0.688. The third kappa shape index (κ3) is 3.62. The first-order valence-electron chi connectivity index (χ1n) is 7.48. The number of rotatable bonds is 5. The summed E-state index contributed by atoms with van der Waals surface area (Å²) >= 11 is 0. The van der Waals surface area contributed by atoms with Gasteiger partial charge in [0.1, 0.15) is 5.82 Å². The molecule has 0 bridgehead atoms. The lowest BCUT2D eigenvalue weighted by Gasteiger charge is -2.31. The number of nitrogen functional groups attached to an aromatic ring is 1. The number of anilines is 2. The lowest BCUT2D eigenvalue weighted by Crippen LogP contribution is -2.28. The summed E-state index contributed by atoms with van der Waals surface area (Å²) in [6, 6.07) is 3.93. The molecule has 0 atom stereocenters. The van der Waals surface area contributed by atoms with Gasteiger partial charge < -0.3 is 11.1 Å². The summed E-state index contributed by atoms with van der Waals surface area (Å²) < 4.78 is 0. The van der Waals surface area contributed by atoms with E-state index in [0.29, 0.717) is 5.41 Å². The van der Waals surface area contributed by atoms with Crippen LogP contribution < -0.4 is 11.1 Å². The number of hydrogen-bond acceptors (Lipinski definition) is 3. The van der Waals surface area contributed by atoms with Crippen LogP contribution in [0.1, 0.15) is 51.6 Å². The summed E-state index contributed by atoms with van der Waals surface area (Å²) in [5, 5.41) is 3.53. The van der Waals surface area contributed by atoms with Gasteiger partial charge in [0.25, 0.3) is 0 Å². The minimum atomic E-state index is 0.477. The van der Waals surface area contributed by atoms with Gasteiger partial charge in [0, 0.05) is 6.54 Å². The predicted molar refractivity (Wildman–Crippen MR) is 82.2 cm³/mol. The van der Waals surface area contributed by atoms with E-state index in [2.05, 4.69) is 24.1 Å². The largest absolute Gasteiger partial charge is 0.397 e. The van der Waals surface area contributed by atoms with Crippen LogP contribution in [0.4, 0.5) is 11.5 Å². The predicted octanol–water partition coefficient (Wildman–Crippen LogP) is 3.99. The Bertz CT molecular complexity index is 420. The molecule has 0 spiro atoms. The summed E-state index contributed by atoms with van der Waals surface area (Å²) in [7, 11) is 0. The highest BCUT2D eigenvalue weighted by Crippen LogP contribution is 2.43. The second-order valence-electron chi connectivity index (χ2n) is 6.53. The van der Waals surface area contributed by atoms with Crippen LogP contribution in [-0.2, 0) is 0 Å². The van der Waals surface area contributed by atoms with Gasteiger partial charge in [-0.2, -0.15) is 0 Å². The Morgan fingerprint density at radius 3 is 2.58 bits per heavy atom. The van der Waals surface area contributed by atoms with Crippen molar-refractivity contribution in [1.82, 2.24) is 4.98 Å². The maximum atomic E-state index is 5.81. The van der Waals surface area contributed by atoms with E-state index in [1.54, 1.807) is 0 Å². The molecular formula is C16H27N3. The molecular weight excluding hydrogens is 234 g/mol. The SMILES string of the molecule is Cc1nc(NCC2(CC(C)C)CCCC2)ccc1N. The summed E-state index contributed by atoms with van der Waals surface area (Å²) in [6.45, 7) is 7.65. The van der Waals surface area contributed by atoms with Crippen LogP contribution in [0.2, 0.25) is 0 Å². The van der Waals surface area contributed by atoms with Crippen LogP contribution in [0.15, 0.2) is 12.1 Å². The number of nitrogens with one attached hydrogen (secondary N) is 1. The van der Waals surface area contributed by atoms with Crippen molar-refractivity contribution in [1.29, 1.82) is 0 Å². The summed E-state index contributed by atoms with van der Waals surface area (Å²) in [5.41, 5.74) is 7.96. The monoisotopic (exact) mass is 261 g/mol. The molecule has 1 fully saturated rings. The van der Waals surface area contributed by atoms with Crippen molar-refractivity contribution in [2.24, 2.45) is 11.3 Å². The molecule has 3 nitrogen and oxygen atoms in total. The van der Waals surface area contributed by atoms with Gasteiger partial charge in [-0.1, -0.05) is 26.7 Å². The topological polar surface area (TPSA) is 50.9 Å². The highest BCUT2D eigenvalue weighted by atomic mass is 15.0. The molecule has 0 aromatic carbocycles. The fourth-order valence-corrected chi connectivity index (χ4v) is 3.39. The first-order chi connectivity index (χ1) is 9.01. The zero-order valence-electron chi connectivity index (χ0n) is 12.5. The average molecular weight is 261 g/mol. The van der Waals surface area contributed by atoms with Crippen LogP contribution in [0, 0.1) is 18.3 Å². The van der Waals surface area contributed by atoms with Gasteiger partial charge in [-0.05, 0) is 49.7 Å². The summed E-state index contributed by atoms with van der Waals surface area (Å²) in [6.07, 6.45) is 6.78. The van der Waals surface area contributed by atoms with Gasteiger partial charge in [0.05, 0.1) is 11.4 Å². The number of hydrogen-bond donors (Lipinski definition) is 2. The Balaban J connectivity index is 2.00. The van der Waals surface area contributed by atoms with Gasteiger partial charge in [-0.25, -0.2) is 4.98 Å². The van der Waals surface area contributed by atoms with Gasteiger partial charge in [0.15, 0.2) is 0 Å². The second kappa shape index (κ2) is 5.81. The lowest BCUT2D eigenvalue weighted by molar-refractivity contribution is 0.252. The highest BCUT2D eigenvalue weighted by molar-refractivity contribution is 5.49. The van der Waals surface area contributed by atoms with Crippen molar-refractivity contribution in [2.75, 3.05) is 17.6 Å². The van der Waals surface area contributed by atoms with Crippen molar-refractivity contribution in [3.05, 3.63) is 17.8 Å². The minimum absolute atomic E-state index is 0.477. The van der Waals surface area contributed by atoms with Crippen LogP contribution >= 0.6 is 0 Å². The average Bonchev–Trinajstić information content (AvgIpc) is 2.79. The normalized spacial score (nSPS) is 17.9. The molecule has 1 aliphatic carbocycles. The van der Waals surface area contributed by atoms with Gasteiger partial charge in [-0.3, -0.25) is 0 Å². The minimum Gasteiger partial charge on any atom is -0.397 e. The number of aromatic nitrogens is 1. The maximum absolute atomic E-state index is 5.81. The molecule has 3 heteroatoms. The molecule has 1 aromatic rings. The standard InChI is InChI=1S/C16H27N3/c1-12(2)10-16(8-4-5-9-16)11-18-15-7-6-14(17)13(3)19-15/h6-7,12H,4-5,8-11,17H2,1-3H3,(H,18,19). The van der Waals surface area contributed by atoms with E-state index >= 15 is 0 Å². The lowest BCUT2D eigenvalue weighted by atomic mass is 9.78. The van der Waals surface area contributed by atoms with E-state index in [4.69, 9.17) is 5.73 Å². The third-order valence-corrected chi connectivity index (χ3v) is 4.28. The Hall–Kier alpha value is -1.25. The Labute approximate surface area is 117 Å². The summed E-state index contributed by atoms with van der Waals surface area (Å²) in [4.78, 5) is 4.51. The Kier molecular flexibility index (Phi) is 4.33. The maximum Gasteiger partial charge on any atom is 0.126 e. The van der Waals surface area contributed by atoms with Crippen LogP contribution in [0.5, 0.6) is 0 Å². The van der Waals surface area contributed by atoms with Crippen molar-refractivity contribution in [3.63, 3.8) is 0 Å². The van der Waals surface area contributed by atoms with E-state index in [1.165, 1.54) is 32.1 Å². The molecule has 0 amide bonds. The molecule has 3 N–H and O–H groups in total. The first-order valence-corrected chi connectivity index (χ1v) is 7.48. The van der Waals surface area contributed by atoms with Crippen molar-refractivity contribution >= 4 is 11.5 Å². The molecule has 0 aliphatic heterocycles. The molecule has 1 heterocycles. The summed E-state index contributed by atoms with van der Waals surface area (Å²) in [5.74, 6) is 1.72. The molecule has 0 unspecified atom stereocenters. The van der Waals surface area contributed by atoms with Crippen LogP contribution in [0.25, 0.3) is 0 Å². The molecule has 1 aromatic heterocycles. The van der Waals surface area contributed by atoms with Gasteiger partial charge >= 0.3 is 0 Å². The van der Waals surface area contributed by atoms with Crippen LogP contribution in [0.3, 0.4) is 0 Å². The zero-order valence-corrected chi connectivity index (χ0v) is 12.5.